The van der Waals surface area contributed by atoms with Gasteiger partial charge in [0.15, 0.2) is 6.10 Å². The van der Waals surface area contributed by atoms with Crippen LogP contribution in [0.25, 0.3) is 0 Å². The molecule has 9 nitrogen and oxygen atoms in total. The number of aromatic amines is 1. The number of H-pyrrole nitrogens is 1. The minimum Gasteiger partial charge on any atom is -0.497 e. The van der Waals surface area contributed by atoms with E-state index in [2.05, 4.69) is 10.3 Å². The molecule has 1 aromatic heterocycles. The first kappa shape index (κ1) is 22.8. The molecule has 0 saturated carbocycles. The highest BCUT2D eigenvalue weighted by atomic mass is 16.5. The Hall–Kier alpha value is -3.49. The summed E-state index contributed by atoms with van der Waals surface area (Å²) in [6, 6.07) is 4.88. The lowest BCUT2D eigenvalue weighted by molar-refractivity contribution is -0.123. The number of anilines is 1. The first-order valence-electron chi connectivity index (χ1n) is 9.32. The van der Waals surface area contributed by atoms with E-state index in [0.717, 1.165) is 0 Å². The van der Waals surface area contributed by atoms with Gasteiger partial charge in [0.25, 0.3) is 5.91 Å². The maximum absolute atomic E-state index is 12.6. The van der Waals surface area contributed by atoms with Crippen LogP contribution < -0.4 is 14.8 Å². The monoisotopic (exact) mass is 418 g/mol. The van der Waals surface area contributed by atoms with Crippen molar-refractivity contribution in [1.82, 2.24) is 4.98 Å². The molecule has 0 aliphatic heterocycles. The van der Waals surface area contributed by atoms with Gasteiger partial charge >= 0.3 is 11.9 Å². The molecule has 1 atom stereocenters. The second kappa shape index (κ2) is 9.82. The number of benzene rings is 1. The highest BCUT2D eigenvalue weighted by molar-refractivity contribution is 6.00. The molecule has 1 aromatic carbocycles. The minimum absolute atomic E-state index is 0.0956. The summed E-state index contributed by atoms with van der Waals surface area (Å²) < 4.78 is 20.6. The Bertz CT molecular complexity index is 927. The first-order chi connectivity index (χ1) is 14.2. The van der Waals surface area contributed by atoms with Crippen molar-refractivity contribution in [2.45, 2.75) is 33.8 Å². The summed E-state index contributed by atoms with van der Waals surface area (Å²) in [5, 5.41) is 2.65. The Balaban J connectivity index is 2.12. The van der Waals surface area contributed by atoms with Crippen LogP contribution in [-0.2, 0) is 14.3 Å². The van der Waals surface area contributed by atoms with Crippen LogP contribution in [-0.4, -0.2) is 49.8 Å². The largest absolute Gasteiger partial charge is 0.497 e. The van der Waals surface area contributed by atoms with Gasteiger partial charge in [0, 0.05) is 29.6 Å². The normalized spacial score (nSPS) is 11.4. The second-order valence-electron chi connectivity index (χ2n) is 6.48. The van der Waals surface area contributed by atoms with E-state index < -0.39 is 23.9 Å². The molecule has 1 unspecified atom stereocenters. The van der Waals surface area contributed by atoms with Gasteiger partial charge in [-0.3, -0.25) is 4.79 Å². The van der Waals surface area contributed by atoms with Gasteiger partial charge in [0.2, 0.25) is 0 Å². The van der Waals surface area contributed by atoms with Crippen molar-refractivity contribution in [3.8, 4) is 11.5 Å². The maximum Gasteiger partial charge on any atom is 0.355 e. The van der Waals surface area contributed by atoms with Gasteiger partial charge in [0.1, 0.15) is 17.2 Å². The predicted octanol–water partition coefficient (Wildman–Crippen LogP) is 3.01. The summed E-state index contributed by atoms with van der Waals surface area (Å²) in [5.41, 5.74) is 1.69. The van der Waals surface area contributed by atoms with Gasteiger partial charge in [0.05, 0.1) is 26.4 Å². The fraction of sp³-hybridized carbons (Fsp3) is 0.381. The molecular formula is C21H26N2O7. The van der Waals surface area contributed by atoms with Gasteiger partial charge in [-0.25, -0.2) is 9.59 Å². The Kier molecular flexibility index (Phi) is 7.46. The number of aryl methyl sites for hydroxylation is 1. The first-order valence-corrected chi connectivity index (χ1v) is 9.32. The van der Waals surface area contributed by atoms with Crippen LogP contribution in [0.5, 0.6) is 11.5 Å². The van der Waals surface area contributed by atoms with Gasteiger partial charge in [-0.1, -0.05) is 0 Å². The average molecular weight is 418 g/mol. The Morgan fingerprint density at radius 1 is 1.03 bits per heavy atom. The molecule has 0 bridgehead atoms. The third-order valence-electron chi connectivity index (χ3n) is 4.39. The SMILES string of the molecule is CCOC(=O)c1c(C)[nH]c(C(=O)OC(C)C(=O)Nc2cc(OC)cc(OC)c2)c1C. The molecule has 0 spiro atoms. The number of methoxy groups -OCH3 is 2. The fourth-order valence-corrected chi connectivity index (χ4v) is 2.86. The standard InChI is InChI=1S/C21H26N2O7/c1-7-29-20(25)17-11(2)18(22-12(17)3)21(26)30-13(4)19(24)23-14-8-15(27-5)10-16(9-14)28-6/h8-10,13,22H,7H2,1-6H3,(H,23,24). The van der Waals surface area contributed by atoms with E-state index in [4.69, 9.17) is 18.9 Å². The summed E-state index contributed by atoms with van der Waals surface area (Å²) in [7, 11) is 2.99. The molecule has 1 amide bonds. The average Bonchev–Trinajstić information content (AvgIpc) is 3.01. The highest BCUT2D eigenvalue weighted by Gasteiger charge is 2.26. The van der Waals surface area contributed by atoms with Crippen LogP contribution in [0.15, 0.2) is 18.2 Å². The van der Waals surface area contributed by atoms with Crippen molar-refractivity contribution >= 4 is 23.5 Å². The van der Waals surface area contributed by atoms with Crippen molar-refractivity contribution < 1.29 is 33.3 Å². The zero-order valence-electron chi connectivity index (χ0n) is 17.9. The number of carbonyl (C=O) groups is 3. The van der Waals surface area contributed by atoms with Crippen molar-refractivity contribution in [2.24, 2.45) is 0 Å². The van der Waals surface area contributed by atoms with Gasteiger partial charge in [-0.2, -0.15) is 0 Å². The van der Waals surface area contributed by atoms with Crippen molar-refractivity contribution in [3.05, 3.63) is 40.7 Å². The fourth-order valence-electron chi connectivity index (χ4n) is 2.86. The molecule has 162 valence electrons. The van der Waals surface area contributed by atoms with Crippen LogP contribution >= 0.6 is 0 Å². The third-order valence-corrected chi connectivity index (χ3v) is 4.39. The molecule has 1 heterocycles. The molecule has 30 heavy (non-hydrogen) atoms. The summed E-state index contributed by atoms with van der Waals surface area (Å²) >= 11 is 0. The number of amides is 1. The number of aromatic nitrogens is 1. The molecular weight excluding hydrogens is 392 g/mol. The van der Waals surface area contributed by atoms with Crippen molar-refractivity contribution in [2.75, 3.05) is 26.1 Å². The topological polar surface area (TPSA) is 116 Å². The smallest absolute Gasteiger partial charge is 0.355 e. The van der Waals surface area contributed by atoms with Crippen molar-refractivity contribution in [1.29, 1.82) is 0 Å². The van der Waals surface area contributed by atoms with Crippen LogP contribution in [0.1, 0.15) is 46.0 Å². The van der Waals surface area contributed by atoms with Crippen LogP contribution in [0.4, 0.5) is 5.69 Å². The number of hydrogen-bond donors (Lipinski definition) is 2. The zero-order valence-corrected chi connectivity index (χ0v) is 17.9. The number of carbonyl (C=O) groups excluding carboxylic acids is 3. The molecule has 0 fully saturated rings. The Morgan fingerprint density at radius 3 is 2.17 bits per heavy atom. The molecule has 9 heteroatoms. The van der Waals surface area contributed by atoms with E-state index in [9.17, 15) is 14.4 Å². The van der Waals surface area contributed by atoms with E-state index in [1.165, 1.54) is 21.1 Å². The number of ether oxygens (including phenoxy) is 4. The van der Waals surface area contributed by atoms with Gasteiger partial charge < -0.3 is 29.2 Å². The molecule has 0 saturated heterocycles. The Morgan fingerprint density at radius 2 is 1.63 bits per heavy atom. The third kappa shape index (κ3) is 5.11. The number of rotatable bonds is 8. The summed E-state index contributed by atoms with van der Waals surface area (Å²) in [6.45, 7) is 6.63. The van der Waals surface area contributed by atoms with Crippen LogP contribution in [0, 0.1) is 13.8 Å². The molecule has 0 aliphatic rings. The summed E-state index contributed by atoms with van der Waals surface area (Å²) in [6.07, 6.45) is -1.09. The lowest BCUT2D eigenvalue weighted by Crippen LogP contribution is -2.30. The zero-order chi connectivity index (χ0) is 22.4. The molecule has 0 aliphatic carbocycles. The maximum atomic E-state index is 12.6. The van der Waals surface area contributed by atoms with E-state index >= 15 is 0 Å². The summed E-state index contributed by atoms with van der Waals surface area (Å²) in [5.74, 6) is -0.820. The number of esters is 2. The van der Waals surface area contributed by atoms with Crippen LogP contribution in [0.3, 0.4) is 0 Å². The molecule has 0 radical (unpaired) electrons. The molecule has 2 rings (SSSR count). The molecule has 2 N–H and O–H groups in total. The quantitative estimate of drug-likeness (QED) is 0.633. The second-order valence-corrected chi connectivity index (χ2v) is 6.48. The van der Waals surface area contributed by atoms with Crippen molar-refractivity contribution in [3.63, 3.8) is 0 Å². The van der Waals surface area contributed by atoms with E-state index in [0.29, 0.717) is 28.4 Å². The molecule has 2 aromatic rings. The van der Waals surface area contributed by atoms with Crippen LogP contribution in [0.2, 0.25) is 0 Å². The van der Waals surface area contributed by atoms with Gasteiger partial charge in [-0.05, 0) is 33.3 Å². The number of hydrogen-bond acceptors (Lipinski definition) is 7. The van der Waals surface area contributed by atoms with E-state index in [1.54, 1.807) is 39.0 Å². The Labute approximate surface area is 174 Å². The lowest BCUT2D eigenvalue weighted by atomic mass is 10.1. The summed E-state index contributed by atoms with van der Waals surface area (Å²) in [4.78, 5) is 39.9. The van der Waals surface area contributed by atoms with Gasteiger partial charge in [-0.15, -0.1) is 0 Å². The lowest BCUT2D eigenvalue weighted by Gasteiger charge is -2.14. The van der Waals surface area contributed by atoms with E-state index in [1.807, 2.05) is 0 Å². The minimum atomic E-state index is -1.09. The predicted molar refractivity (Wildman–Crippen MR) is 109 cm³/mol. The van der Waals surface area contributed by atoms with E-state index in [-0.39, 0.29) is 17.9 Å². The highest BCUT2D eigenvalue weighted by Crippen LogP contribution is 2.26. The number of nitrogens with one attached hydrogen (secondary N) is 2.